The van der Waals surface area contributed by atoms with Gasteiger partial charge in [-0.1, -0.05) is 12.1 Å². The van der Waals surface area contributed by atoms with E-state index in [0.29, 0.717) is 18.8 Å². The Kier molecular flexibility index (Phi) is 5.72. The number of nitrogens with one attached hydrogen (secondary N) is 1. The first-order chi connectivity index (χ1) is 7.76. The highest BCUT2D eigenvalue weighted by Gasteiger charge is 2.03. The third kappa shape index (κ3) is 4.53. The number of rotatable bonds is 6. The standard InChI is InChI=1S/C12H16ClNO2/c1-16-11-5-2-4-10(8-11)9-12(15)14-7-3-6-13/h2,4-5,8H,3,6-7,9H2,1H3,(H,14,15). The summed E-state index contributed by atoms with van der Waals surface area (Å²) in [5.41, 5.74) is 0.947. The Balaban J connectivity index is 2.43. The fourth-order valence-electron chi connectivity index (χ4n) is 1.32. The van der Waals surface area contributed by atoms with Crippen molar-refractivity contribution in [1.82, 2.24) is 5.32 Å². The van der Waals surface area contributed by atoms with Gasteiger partial charge in [-0.15, -0.1) is 11.6 Å². The number of carbonyl (C=O) groups is 1. The molecule has 1 amide bonds. The predicted octanol–water partition coefficient (Wildman–Crippen LogP) is 1.98. The van der Waals surface area contributed by atoms with E-state index in [0.717, 1.165) is 17.7 Å². The largest absolute Gasteiger partial charge is 0.497 e. The number of amides is 1. The second-order valence-electron chi connectivity index (χ2n) is 3.42. The number of hydrogen-bond donors (Lipinski definition) is 1. The maximum absolute atomic E-state index is 11.5. The second-order valence-corrected chi connectivity index (χ2v) is 3.80. The average molecular weight is 242 g/mol. The van der Waals surface area contributed by atoms with Crippen LogP contribution >= 0.6 is 11.6 Å². The molecule has 0 heterocycles. The highest BCUT2D eigenvalue weighted by molar-refractivity contribution is 6.17. The first kappa shape index (κ1) is 12.8. The maximum Gasteiger partial charge on any atom is 0.224 e. The molecule has 0 saturated heterocycles. The zero-order valence-corrected chi connectivity index (χ0v) is 10.1. The lowest BCUT2D eigenvalue weighted by molar-refractivity contribution is -0.120. The minimum absolute atomic E-state index is 0.0124. The molecule has 1 aromatic rings. The van der Waals surface area contributed by atoms with Gasteiger partial charge < -0.3 is 10.1 Å². The van der Waals surface area contributed by atoms with Crippen LogP contribution in [0.4, 0.5) is 0 Å². The Morgan fingerprint density at radius 1 is 1.50 bits per heavy atom. The number of hydrogen-bond acceptors (Lipinski definition) is 2. The molecule has 88 valence electrons. The molecule has 0 aromatic heterocycles. The third-order valence-corrected chi connectivity index (χ3v) is 2.40. The Hall–Kier alpha value is -1.22. The van der Waals surface area contributed by atoms with E-state index in [9.17, 15) is 4.79 Å². The van der Waals surface area contributed by atoms with Gasteiger partial charge in [0.25, 0.3) is 0 Å². The van der Waals surface area contributed by atoms with Crippen molar-refractivity contribution in [3.8, 4) is 5.75 Å². The average Bonchev–Trinajstić information content (AvgIpc) is 2.29. The fraction of sp³-hybridized carbons (Fsp3) is 0.417. The van der Waals surface area contributed by atoms with Crippen molar-refractivity contribution in [2.24, 2.45) is 0 Å². The molecule has 3 nitrogen and oxygen atoms in total. The normalized spacial score (nSPS) is 9.88. The van der Waals surface area contributed by atoms with Crippen LogP contribution in [0.3, 0.4) is 0 Å². The van der Waals surface area contributed by atoms with E-state index in [1.54, 1.807) is 7.11 Å². The van der Waals surface area contributed by atoms with Gasteiger partial charge in [-0.25, -0.2) is 0 Å². The zero-order valence-electron chi connectivity index (χ0n) is 9.33. The molecule has 0 bridgehead atoms. The van der Waals surface area contributed by atoms with Crippen LogP contribution in [0, 0.1) is 0 Å². The molecule has 0 radical (unpaired) electrons. The van der Waals surface area contributed by atoms with Crippen LogP contribution in [0.15, 0.2) is 24.3 Å². The Labute approximate surface area is 101 Å². The molecular weight excluding hydrogens is 226 g/mol. The molecule has 1 N–H and O–H groups in total. The van der Waals surface area contributed by atoms with Gasteiger partial charge in [0.15, 0.2) is 0 Å². The summed E-state index contributed by atoms with van der Waals surface area (Å²) in [5.74, 6) is 1.35. The summed E-state index contributed by atoms with van der Waals surface area (Å²) in [6.07, 6.45) is 1.17. The van der Waals surface area contributed by atoms with Crippen molar-refractivity contribution in [3.63, 3.8) is 0 Å². The van der Waals surface area contributed by atoms with Crippen LogP contribution in [0.25, 0.3) is 0 Å². The van der Waals surface area contributed by atoms with Gasteiger partial charge in [0.1, 0.15) is 5.75 Å². The van der Waals surface area contributed by atoms with Gasteiger partial charge in [-0.3, -0.25) is 4.79 Å². The van der Waals surface area contributed by atoms with Crippen molar-refractivity contribution in [1.29, 1.82) is 0 Å². The molecular formula is C12H16ClNO2. The van der Waals surface area contributed by atoms with Crippen LogP contribution in [0.5, 0.6) is 5.75 Å². The van der Waals surface area contributed by atoms with Crippen LogP contribution < -0.4 is 10.1 Å². The molecule has 0 aliphatic carbocycles. The van der Waals surface area contributed by atoms with Crippen molar-refractivity contribution in [2.45, 2.75) is 12.8 Å². The molecule has 0 atom stereocenters. The molecule has 16 heavy (non-hydrogen) atoms. The number of ether oxygens (including phenoxy) is 1. The Morgan fingerprint density at radius 3 is 3.00 bits per heavy atom. The summed E-state index contributed by atoms with van der Waals surface area (Å²) in [6, 6.07) is 7.50. The lowest BCUT2D eigenvalue weighted by atomic mass is 10.1. The lowest BCUT2D eigenvalue weighted by Gasteiger charge is -2.05. The van der Waals surface area contributed by atoms with Crippen LogP contribution in [-0.2, 0) is 11.2 Å². The highest BCUT2D eigenvalue weighted by Crippen LogP contribution is 2.12. The number of benzene rings is 1. The quantitative estimate of drug-likeness (QED) is 0.611. The molecule has 0 saturated carbocycles. The van der Waals surface area contributed by atoms with Gasteiger partial charge >= 0.3 is 0 Å². The Bertz CT molecular complexity index is 342. The Morgan fingerprint density at radius 2 is 2.31 bits per heavy atom. The lowest BCUT2D eigenvalue weighted by Crippen LogP contribution is -2.26. The zero-order chi connectivity index (χ0) is 11.8. The van der Waals surface area contributed by atoms with Crippen molar-refractivity contribution < 1.29 is 9.53 Å². The molecule has 0 aliphatic heterocycles. The first-order valence-electron chi connectivity index (χ1n) is 5.22. The van der Waals surface area contributed by atoms with E-state index in [2.05, 4.69) is 5.32 Å². The maximum atomic E-state index is 11.5. The van der Waals surface area contributed by atoms with Crippen molar-refractivity contribution in [3.05, 3.63) is 29.8 Å². The number of halogens is 1. The minimum atomic E-state index is 0.0124. The molecule has 4 heteroatoms. The highest BCUT2D eigenvalue weighted by atomic mass is 35.5. The molecule has 0 spiro atoms. The van der Waals surface area contributed by atoms with Gasteiger partial charge in [-0.05, 0) is 24.1 Å². The van der Waals surface area contributed by atoms with Crippen molar-refractivity contribution in [2.75, 3.05) is 19.5 Å². The number of methoxy groups -OCH3 is 1. The summed E-state index contributed by atoms with van der Waals surface area (Å²) in [5, 5.41) is 2.81. The minimum Gasteiger partial charge on any atom is -0.497 e. The molecule has 0 unspecified atom stereocenters. The van der Waals surface area contributed by atoms with Gasteiger partial charge in [0.05, 0.1) is 13.5 Å². The first-order valence-corrected chi connectivity index (χ1v) is 5.75. The summed E-state index contributed by atoms with van der Waals surface area (Å²) >= 11 is 5.52. The van der Waals surface area contributed by atoms with Crippen LogP contribution in [-0.4, -0.2) is 25.4 Å². The van der Waals surface area contributed by atoms with Crippen molar-refractivity contribution >= 4 is 17.5 Å². The van der Waals surface area contributed by atoms with Crippen LogP contribution in [0.1, 0.15) is 12.0 Å². The van der Waals surface area contributed by atoms with E-state index in [-0.39, 0.29) is 5.91 Å². The summed E-state index contributed by atoms with van der Waals surface area (Å²) < 4.78 is 5.09. The fourth-order valence-corrected chi connectivity index (χ4v) is 1.46. The van der Waals surface area contributed by atoms with Crippen LogP contribution in [0.2, 0.25) is 0 Å². The summed E-state index contributed by atoms with van der Waals surface area (Å²) in [7, 11) is 1.61. The van der Waals surface area contributed by atoms with Gasteiger partial charge in [-0.2, -0.15) is 0 Å². The SMILES string of the molecule is COc1cccc(CC(=O)NCCCCl)c1. The third-order valence-electron chi connectivity index (χ3n) is 2.13. The van der Waals surface area contributed by atoms with E-state index in [4.69, 9.17) is 16.3 Å². The second kappa shape index (κ2) is 7.12. The van der Waals surface area contributed by atoms with E-state index in [1.807, 2.05) is 24.3 Å². The molecule has 1 rings (SSSR count). The molecule has 0 fully saturated rings. The summed E-state index contributed by atoms with van der Waals surface area (Å²) in [4.78, 5) is 11.5. The van der Waals surface area contributed by atoms with Gasteiger partial charge in [0.2, 0.25) is 5.91 Å². The van der Waals surface area contributed by atoms with E-state index in [1.165, 1.54) is 0 Å². The van der Waals surface area contributed by atoms with E-state index < -0.39 is 0 Å². The van der Waals surface area contributed by atoms with E-state index >= 15 is 0 Å². The molecule has 1 aromatic carbocycles. The monoisotopic (exact) mass is 241 g/mol. The number of carbonyl (C=O) groups excluding carboxylic acids is 1. The topological polar surface area (TPSA) is 38.3 Å². The smallest absolute Gasteiger partial charge is 0.224 e. The number of alkyl halides is 1. The molecule has 0 aliphatic rings. The predicted molar refractivity (Wildman–Crippen MR) is 65.0 cm³/mol. The summed E-state index contributed by atoms with van der Waals surface area (Å²) in [6.45, 7) is 0.631. The van der Waals surface area contributed by atoms with Gasteiger partial charge in [0, 0.05) is 12.4 Å².